The fourth-order valence-electron chi connectivity index (χ4n) is 4.61. The largest absolute Gasteiger partial charge is 0.488 e. The van der Waals surface area contributed by atoms with Crippen molar-refractivity contribution in [3.63, 3.8) is 0 Å². The molecule has 0 radical (unpaired) electrons. The van der Waals surface area contributed by atoms with Crippen molar-refractivity contribution in [2.24, 2.45) is 17.2 Å². The Labute approximate surface area is 252 Å². The highest BCUT2D eigenvalue weighted by Gasteiger charge is 2.30. The number of halogens is 3. The fourth-order valence-corrected chi connectivity index (χ4v) is 4.61. The molecule has 0 aliphatic carbocycles. The number of ketones is 1. The Hall–Kier alpha value is -3.89. The SMILES string of the molecule is NCCN(CCN)C(=O)CC[C@H](N)C(=O)N[C@H](Cc1ccc(C(F)(F)F)cc1)C(=O)Cc1cnc2ccc(B(O)O)cc2c1. The lowest BCUT2D eigenvalue weighted by Gasteiger charge is -2.23. The van der Waals surface area contributed by atoms with Gasteiger partial charge in [0.05, 0.1) is 23.2 Å². The number of pyridine rings is 1. The number of carbonyl (C=O) groups excluding carboxylic acids is 3. The van der Waals surface area contributed by atoms with Gasteiger partial charge in [-0.1, -0.05) is 24.3 Å². The number of hydrogen-bond donors (Lipinski definition) is 6. The standard InChI is InChI=1S/C29H36BF3N6O5/c31-29(32,33)21-3-1-18(2-4-21)14-25(38-28(42)23(36)6-8-27(41)39(11-9-34)12-10-35)26(40)15-19-13-20-16-22(30(43)44)5-7-24(20)37-17-19/h1-5,7,13,16-17,23,25,43-44H,6,8-12,14-15,34-36H2,(H,38,42)/t23-,25+/m0/s1. The Balaban J connectivity index is 1.78. The maximum absolute atomic E-state index is 13.5. The molecule has 2 aromatic carbocycles. The average molecular weight is 616 g/mol. The van der Waals surface area contributed by atoms with E-state index in [4.69, 9.17) is 17.2 Å². The minimum absolute atomic E-state index is 0.0227. The normalized spacial score (nSPS) is 12.9. The molecule has 0 bridgehead atoms. The summed E-state index contributed by atoms with van der Waals surface area (Å²) in [5.41, 5.74) is 17.9. The number of nitrogens with two attached hydrogens (primary N) is 3. The topological polar surface area (TPSA) is 198 Å². The number of rotatable bonds is 15. The molecule has 0 unspecified atom stereocenters. The van der Waals surface area contributed by atoms with Gasteiger partial charge in [0.1, 0.15) is 0 Å². The highest BCUT2D eigenvalue weighted by atomic mass is 19.4. The van der Waals surface area contributed by atoms with Crippen LogP contribution < -0.4 is 28.0 Å². The molecule has 1 aromatic heterocycles. The quantitative estimate of drug-likeness (QED) is 0.123. The summed E-state index contributed by atoms with van der Waals surface area (Å²) in [6.07, 6.45) is -3.45. The van der Waals surface area contributed by atoms with Crippen LogP contribution in [0.5, 0.6) is 0 Å². The number of nitrogens with one attached hydrogen (secondary N) is 1. The second-order valence-corrected chi connectivity index (χ2v) is 10.4. The highest BCUT2D eigenvalue weighted by molar-refractivity contribution is 6.58. The number of benzene rings is 2. The first-order chi connectivity index (χ1) is 20.8. The third-order valence-corrected chi connectivity index (χ3v) is 7.02. The maximum atomic E-state index is 13.5. The number of amides is 2. The molecule has 0 fully saturated rings. The van der Waals surface area contributed by atoms with E-state index in [1.807, 2.05) is 0 Å². The number of Topliss-reactive ketones (excluding diaryl/α,β-unsaturated/α-hetero) is 1. The molecule has 0 aliphatic heterocycles. The number of nitrogens with zero attached hydrogens (tertiary/aromatic N) is 2. The van der Waals surface area contributed by atoms with Gasteiger partial charge in [-0.3, -0.25) is 19.4 Å². The average Bonchev–Trinajstić information content (AvgIpc) is 2.98. The Morgan fingerprint density at radius 1 is 0.977 bits per heavy atom. The zero-order valence-electron chi connectivity index (χ0n) is 24.0. The number of alkyl halides is 3. The van der Waals surface area contributed by atoms with Gasteiger partial charge < -0.3 is 37.5 Å². The van der Waals surface area contributed by atoms with Crippen LogP contribution in [0.4, 0.5) is 13.2 Å². The van der Waals surface area contributed by atoms with Crippen LogP contribution in [0.2, 0.25) is 0 Å². The number of hydrogen-bond acceptors (Lipinski definition) is 9. The van der Waals surface area contributed by atoms with Gasteiger partial charge in [-0.2, -0.15) is 13.2 Å². The molecular formula is C29H36BF3N6O5. The summed E-state index contributed by atoms with van der Waals surface area (Å²) in [6, 6.07) is 8.22. The molecule has 1 heterocycles. The van der Waals surface area contributed by atoms with Crippen molar-refractivity contribution in [1.82, 2.24) is 15.2 Å². The highest BCUT2D eigenvalue weighted by Crippen LogP contribution is 2.29. The first kappa shape index (κ1) is 34.6. The maximum Gasteiger partial charge on any atom is 0.488 e. The molecule has 2 atom stereocenters. The monoisotopic (exact) mass is 616 g/mol. The van der Waals surface area contributed by atoms with Crippen LogP contribution in [-0.4, -0.2) is 82.9 Å². The molecule has 2 amide bonds. The van der Waals surface area contributed by atoms with Gasteiger partial charge in [0.25, 0.3) is 0 Å². The van der Waals surface area contributed by atoms with Gasteiger partial charge in [-0.05, 0) is 53.7 Å². The summed E-state index contributed by atoms with van der Waals surface area (Å²) in [5.74, 6) is -1.44. The van der Waals surface area contributed by atoms with E-state index in [-0.39, 0.29) is 50.1 Å². The summed E-state index contributed by atoms with van der Waals surface area (Å²) in [5, 5.41) is 22.1. The fraction of sp³-hybridized carbons (Fsp3) is 0.379. The van der Waals surface area contributed by atoms with Gasteiger partial charge in [0.2, 0.25) is 11.8 Å². The zero-order chi connectivity index (χ0) is 32.4. The van der Waals surface area contributed by atoms with Gasteiger partial charge in [0, 0.05) is 50.6 Å². The minimum atomic E-state index is -4.54. The van der Waals surface area contributed by atoms with Crippen molar-refractivity contribution < 1.29 is 37.6 Å². The van der Waals surface area contributed by atoms with Crippen molar-refractivity contribution in [2.45, 2.75) is 43.9 Å². The summed E-state index contributed by atoms with van der Waals surface area (Å²) >= 11 is 0. The van der Waals surface area contributed by atoms with Gasteiger partial charge in [-0.25, -0.2) is 0 Å². The van der Waals surface area contributed by atoms with E-state index >= 15 is 0 Å². The zero-order valence-corrected chi connectivity index (χ0v) is 24.0. The Bertz CT molecular complexity index is 1440. The molecular weight excluding hydrogens is 580 g/mol. The van der Waals surface area contributed by atoms with Crippen LogP contribution in [0.1, 0.15) is 29.5 Å². The molecule has 0 spiro atoms. The predicted octanol–water partition coefficient (Wildman–Crippen LogP) is -0.374. The van der Waals surface area contributed by atoms with Crippen LogP contribution in [0, 0.1) is 0 Å². The van der Waals surface area contributed by atoms with Crippen LogP contribution in [-0.2, 0) is 33.4 Å². The second-order valence-electron chi connectivity index (χ2n) is 10.4. The first-order valence-corrected chi connectivity index (χ1v) is 14.0. The lowest BCUT2D eigenvalue weighted by Crippen LogP contribution is -2.50. The summed E-state index contributed by atoms with van der Waals surface area (Å²) in [4.78, 5) is 44.8. The molecule has 11 nitrogen and oxygen atoms in total. The van der Waals surface area contributed by atoms with E-state index in [1.165, 1.54) is 35.4 Å². The lowest BCUT2D eigenvalue weighted by atomic mass is 9.80. The predicted molar refractivity (Wildman–Crippen MR) is 159 cm³/mol. The van der Waals surface area contributed by atoms with Gasteiger partial charge in [0.15, 0.2) is 5.78 Å². The third-order valence-electron chi connectivity index (χ3n) is 7.02. The molecule has 3 rings (SSSR count). The summed E-state index contributed by atoms with van der Waals surface area (Å²) in [7, 11) is -1.70. The van der Waals surface area contributed by atoms with Crippen LogP contribution in [0.25, 0.3) is 10.9 Å². The Morgan fingerprint density at radius 2 is 1.64 bits per heavy atom. The van der Waals surface area contributed by atoms with Crippen molar-refractivity contribution in [2.75, 3.05) is 26.2 Å². The van der Waals surface area contributed by atoms with Crippen molar-refractivity contribution >= 4 is 41.1 Å². The van der Waals surface area contributed by atoms with E-state index in [0.717, 1.165) is 12.1 Å². The summed E-state index contributed by atoms with van der Waals surface area (Å²) < 4.78 is 39.2. The van der Waals surface area contributed by atoms with E-state index in [0.29, 0.717) is 35.1 Å². The molecule has 9 N–H and O–H groups in total. The van der Waals surface area contributed by atoms with Crippen molar-refractivity contribution in [1.29, 1.82) is 0 Å². The number of fused-ring (bicyclic) bond motifs is 1. The van der Waals surface area contributed by atoms with Crippen LogP contribution >= 0.6 is 0 Å². The molecule has 15 heteroatoms. The van der Waals surface area contributed by atoms with Crippen molar-refractivity contribution in [3.8, 4) is 0 Å². The van der Waals surface area contributed by atoms with Crippen LogP contribution in [0.3, 0.4) is 0 Å². The number of aromatic nitrogens is 1. The lowest BCUT2D eigenvalue weighted by molar-refractivity contribution is -0.137. The molecule has 0 saturated carbocycles. The van der Waals surface area contributed by atoms with Crippen molar-refractivity contribution in [3.05, 3.63) is 71.4 Å². The first-order valence-electron chi connectivity index (χ1n) is 14.0. The van der Waals surface area contributed by atoms with Gasteiger partial charge >= 0.3 is 13.3 Å². The molecule has 44 heavy (non-hydrogen) atoms. The Kier molecular flexibility index (Phi) is 12.4. The molecule has 3 aromatic rings. The molecule has 236 valence electrons. The molecule has 0 saturated heterocycles. The molecule has 0 aliphatic rings. The Morgan fingerprint density at radius 3 is 2.23 bits per heavy atom. The van der Waals surface area contributed by atoms with E-state index < -0.39 is 42.6 Å². The van der Waals surface area contributed by atoms with Crippen LogP contribution in [0.15, 0.2) is 54.7 Å². The minimum Gasteiger partial charge on any atom is -0.423 e. The second kappa shape index (κ2) is 15.7. The van der Waals surface area contributed by atoms with E-state index in [2.05, 4.69) is 10.3 Å². The number of carbonyl (C=O) groups is 3. The van der Waals surface area contributed by atoms with E-state index in [1.54, 1.807) is 12.1 Å². The third kappa shape index (κ3) is 9.82. The van der Waals surface area contributed by atoms with Gasteiger partial charge in [-0.15, -0.1) is 0 Å². The summed E-state index contributed by atoms with van der Waals surface area (Å²) in [6.45, 7) is 1.08. The van der Waals surface area contributed by atoms with E-state index in [9.17, 15) is 37.6 Å². The smallest absolute Gasteiger partial charge is 0.423 e.